The molecule has 0 aliphatic heterocycles. The van der Waals surface area contributed by atoms with E-state index >= 15 is 0 Å². The lowest BCUT2D eigenvalue weighted by atomic mass is 10.3. The Hall–Kier alpha value is -2.57. The molecule has 0 aromatic carbocycles. The Morgan fingerprint density at radius 3 is 3.00 bits per heavy atom. The van der Waals surface area contributed by atoms with Crippen LogP contribution in [0.4, 0.5) is 11.8 Å². The number of nitrogens with zero attached hydrogens (tertiary/aromatic N) is 4. The maximum absolute atomic E-state index is 5.41. The zero-order valence-electron chi connectivity index (χ0n) is 11.4. The fraction of sp³-hybridized carbons (Fsp3) is 0.308. The molecule has 0 atom stereocenters. The average molecular weight is 272 g/mol. The van der Waals surface area contributed by atoms with Gasteiger partial charge in [-0.3, -0.25) is 5.10 Å². The van der Waals surface area contributed by atoms with Crippen LogP contribution in [0.25, 0.3) is 11.0 Å². The first-order chi connectivity index (χ1) is 9.81. The Balaban J connectivity index is 2.03. The van der Waals surface area contributed by atoms with Gasteiger partial charge in [-0.25, -0.2) is 0 Å². The summed E-state index contributed by atoms with van der Waals surface area (Å²) in [5.74, 6) is 2.30. The molecule has 0 radical (unpaired) electrons. The van der Waals surface area contributed by atoms with Gasteiger partial charge < -0.3 is 14.6 Å². The van der Waals surface area contributed by atoms with Crippen LogP contribution in [0.2, 0.25) is 0 Å². The van der Waals surface area contributed by atoms with E-state index in [9.17, 15) is 0 Å². The number of fused-ring (bicyclic) bond motifs is 1. The van der Waals surface area contributed by atoms with Crippen LogP contribution in [-0.4, -0.2) is 33.8 Å². The predicted molar refractivity (Wildman–Crippen MR) is 76.7 cm³/mol. The van der Waals surface area contributed by atoms with Crippen LogP contribution in [0.5, 0.6) is 0 Å². The monoisotopic (exact) mass is 272 g/mol. The SMILES string of the molecule is CCN(Cc1ccco1)c1nc(NC)nc2[nH]ncc12. The third kappa shape index (κ3) is 2.18. The lowest BCUT2D eigenvalue weighted by Crippen LogP contribution is -2.23. The minimum atomic E-state index is 0.564. The molecule has 0 saturated heterocycles. The molecule has 7 nitrogen and oxygen atoms in total. The highest BCUT2D eigenvalue weighted by atomic mass is 16.3. The van der Waals surface area contributed by atoms with Crippen molar-refractivity contribution < 1.29 is 4.42 Å². The number of H-pyrrole nitrogens is 1. The van der Waals surface area contributed by atoms with E-state index in [-0.39, 0.29) is 0 Å². The largest absolute Gasteiger partial charge is 0.467 e. The first-order valence-electron chi connectivity index (χ1n) is 6.48. The van der Waals surface area contributed by atoms with Gasteiger partial charge in [0.05, 0.1) is 24.4 Å². The van der Waals surface area contributed by atoms with Crippen molar-refractivity contribution in [2.45, 2.75) is 13.5 Å². The van der Waals surface area contributed by atoms with Crippen LogP contribution in [0.15, 0.2) is 29.0 Å². The molecule has 0 amide bonds. The second-order valence-electron chi connectivity index (χ2n) is 4.35. The lowest BCUT2D eigenvalue weighted by Gasteiger charge is -2.21. The van der Waals surface area contributed by atoms with E-state index < -0.39 is 0 Å². The van der Waals surface area contributed by atoms with Gasteiger partial charge in [0.2, 0.25) is 5.95 Å². The highest BCUT2D eigenvalue weighted by Gasteiger charge is 2.15. The van der Waals surface area contributed by atoms with Crippen molar-refractivity contribution in [2.24, 2.45) is 0 Å². The van der Waals surface area contributed by atoms with Crippen LogP contribution in [0.1, 0.15) is 12.7 Å². The molecule has 0 bridgehead atoms. The molecule has 3 rings (SSSR count). The van der Waals surface area contributed by atoms with Crippen LogP contribution in [-0.2, 0) is 6.54 Å². The standard InChI is InChI=1S/C13H16N6O/c1-3-19(8-9-5-4-6-20-9)12-10-7-15-18-11(10)16-13(14-2)17-12/h4-7H,3,8H2,1-2H3,(H2,14,15,16,17,18). The van der Waals surface area contributed by atoms with E-state index in [1.54, 1.807) is 19.5 Å². The number of rotatable bonds is 5. The molecule has 0 spiro atoms. The molecule has 0 saturated carbocycles. The molecule has 0 fully saturated rings. The summed E-state index contributed by atoms with van der Waals surface area (Å²) in [5.41, 5.74) is 0.720. The molecule has 0 aliphatic rings. The Labute approximate surface area is 116 Å². The molecule has 20 heavy (non-hydrogen) atoms. The normalized spacial score (nSPS) is 10.9. The first kappa shape index (κ1) is 12.5. The van der Waals surface area contributed by atoms with Gasteiger partial charge in [0, 0.05) is 13.6 Å². The van der Waals surface area contributed by atoms with Crippen molar-refractivity contribution >= 4 is 22.8 Å². The molecule has 0 aliphatic carbocycles. The minimum Gasteiger partial charge on any atom is -0.467 e. The molecule has 3 heterocycles. The van der Waals surface area contributed by atoms with E-state index in [0.29, 0.717) is 12.5 Å². The van der Waals surface area contributed by atoms with Crippen LogP contribution >= 0.6 is 0 Å². The highest BCUT2D eigenvalue weighted by molar-refractivity contribution is 5.87. The average Bonchev–Trinajstić information content (AvgIpc) is 3.14. The summed E-state index contributed by atoms with van der Waals surface area (Å²) in [5, 5.41) is 10.8. The smallest absolute Gasteiger partial charge is 0.226 e. The van der Waals surface area contributed by atoms with Crippen molar-refractivity contribution in [3.05, 3.63) is 30.4 Å². The third-order valence-corrected chi connectivity index (χ3v) is 3.12. The number of aromatic amines is 1. The number of anilines is 2. The zero-order chi connectivity index (χ0) is 13.9. The van der Waals surface area contributed by atoms with Gasteiger partial charge in [-0.1, -0.05) is 0 Å². The summed E-state index contributed by atoms with van der Waals surface area (Å²) in [7, 11) is 1.80. The van der Waals surface area contributed by atoms with E-state index in [1.807, 2.05) is 12.1 Å². The Morgan fingerprint density at radius 1 is 1.40 bits per heavy atom. The first-order valence-corrected chi connectivity index (χ1v) is 6.48. The van der Waals surface area contributed by atoms with Gasteiger partial charge in [0.1, 0.15) is 11.6 Å². The molecular formula is C13H16N6O. The Bertz CT molecular complexity index is 690. The van der Waals surface area contributed by atoms with E-state index in [2.05, 4.69) is 37.3 Å². The molecule has 3 aromatic rings. The number of aromatic nitrogens is 4. The fourth-order valence-corrected chi connectivity index (χ4v) is 2.10. The van der Waals surface area contributed by atoms with Gasteiger partial charge in [-0.05, 0) is 19.1 Å². The summed E-state index contributed by atoms with van der Waals surface area (Å²) in [6, 6.07) is 3.84. The summed E-state index contributed by atoms with van der Waals surface area (Å²) in [6.45, 7) is 3.54. The van der Waals surface area contributed by atoms with Crippen LogP contribution in [0.3, 0.4) is 0 Å². The maximum atomic E-state index is 5.41. The molecule has 3 aromatic heterocycles. The second kappa shape index (κ2) is 5.20. The predicted octanol–water partition coefficient (Wildman–Crippen LogP) is 2.01. The van der Waals surface area contributed by atoms with Gasteiger partial charge in [0.15, 0.2) is 5.65 Å². The summed E-state index contributed by atoms with van der Waals surface area (Å²) >= 11 is 0. The third-order valence-electron chi connectivity index (χ3n) is 3.12. The minimum absolute atomic E-state index is 0.564. The quantitative estimate of drug-likeness (QED) is 0.739. The summed E-state index contributed by atoms with van der Waals surface area (Å²) in [4.78, 5) is 11.0. The Morgan fingerprint density at radius 2 is 2.30 bits per heavy atom. The molecule has 7 heteroatoms. The number of hydrogen-bond donors (Lipinski definition) is 2. The van der Waals surface area contributed by atoms with E-state index in [0.717, 1.165) is 29.2 Å². The van der Waals surface area contributed by atoms with Crippen LogP contribution < -0.4 is 10.2 Å². The van der Waals surface area contributed by atoms with Gasteiger partial charge in [-0.2, -0.15) is 15.1 Å². The highest BCUT2D eigenvalue weighted by Crippen LogP contribution is 2.25. The van der Waals surface area contributed by atoms with Crippen molar-refractivity contribution in [1.82, 2.24) is 20.2 Å². The number of nitrogens with one attached hydrogen (secondary N) is 2. The van der Waals surface area contributed by atoms with Crippen molar-refractivity contribution in [2.75, 3.05) is 23.8 Å². The fourth-order valence-electron chi connectivity index (χ4n) is 2.10. The van der Waals surface area contributed by atoms with Gasteiger partial charge in [-0.15, -0.1) is 0 Å². The van der Waals surface area contributed by atoms with Gasteiger partial charge >= 0.3 is 0 Å². The zero-order valence-corrected chi connectivity index (χ0v) is 11.4. The number of furan rings is 1. The Kier molecular flexibility index (Phi) is 3.24. The topological polar surface area (TPSA) is 82.9 Å². The second-order valence-corrected chi connectivity index (χ2v) is 4.35. The summed E-state index contributed by atoms with van der Waals surface area (Å²) in [6.07, 6.45) is 3.42. The summed E-state index contributed by atoms with van der Waals surface area (Å²) < 4.78 is 5.41. The van der Waals surface area contributed by atoms with E-state index in [4.69, 9.17) is 4.42 Å². The lowest BCUT2D eigenvalue weighted by molar-refractivity contribution is 0.503. The molecule has 0 unspecified atom stereocenters. The van der Waals surface area contributed by atoms with E-state index in [1.165, 1.54) is 0 Å². The molecular weight excluding hydrogens is 256 g/mol. The van der Waals surface area contributed by atoms with Crippen molar-refractivity contribution in [1.29, 1.82) is 0 Å². The van der Waals surface area contributed by atoms with Gasteiger partial charge in [0.25, 0.3) is 0 Å². The van der Waals surface area contributed by atoms with Crippen molar-refractivity contribution in [3.8, 4) is 0 Å². The van der Waals surface area contributed by atoms with Crippen LogP contribution in [0, 0.1) is 0 Å². The molecule has 2 N–H and O–H groups in total. The number of hydrogen-bond acceptors (Lipinski definition) is 6. The maximum Gasteiger partial charge on any atom is 0.226 e. The van der Waals surface area contributed by atoms with Crippen molar-refractivity contribution in [3.63, 3.8) is 0 Å². The molecule has 104 valence electrons.